The maximum Gasteiger partial charge on any atom is 0.496 e. The summed E-state index contributed by atoms with van der Waals surface area (Å²) in [5, 5.41) is 2.34. The van der Waals surface area contributed by atoms with Gasteiger partial charge in [-0.05, 0) is 41.0 Å². The van der Waals surface area contributed by atoms with Gasteiger partial charge in [-0.1, -0.05) is 34.9 Å². The van der Waals surface area contributed by atoms with Gasteiger partial charge in [-0.3, -0.25) is 9.55 Å². The Kier molecular flexibility index (Phi) is 4.52. The van der Waals surface area contributed by atoms with Gasteiger partial charge in [0.15, 0.2) is 7.05 Å². The van der Waals surface area contributed by atoms with Crippen molar-refractivity contribution in [3.8, 4) is 17.3 Å². The predicted octanol–water partition coefficient (Wildman–Crippen LogP) is 6.66. The molecule has 3 aromatic heterocycles. The van der Waals surface area contributed by atoms with E-state index in [1.807, 2.05) is 83.2 Å². The summed E-state index contributed by atoms with van der Waals surface area (Å²) in [5.41, 5.74) is 5.17. The van der Waals surface area contributed by atoms with Crippen molar-refractivity contribution in [3.63, 3.8) is 0 Å². The van der Waals surface area contributed by atoms with E-state index in [9.17, 15) is 0 Å². The van der Waals surface area contributed by atoms with Gasteiger partial charge in [-0.15, -0.1) is 0 Å². The van der Waals surface area contributed by atoms with Gasteiger partial charge in [0.05, 0.1) is 17.1 Å². The number of para-hydroxylation sites is 1. The van der Waals surface area contributed by atoms with Gasteiger partial charge in [0.2, 0.25) is 5.69 Å². The molecule has 0 aliphatic carbocycles. The van der Waals surface area contributed by atoms with Crippen molar-refractivity contribution in [2.24, 2.45) is 0 Å². The highest BCUT2D eigenvalue weighted by Crippen LogP contribution is 2.36. The molecule has 0 atom stereocenters. The minimum atomic E-state index is 0.749. The average molecular weight is 468 g/mol. The first kappa shape index (κ1) is 20.3. The zero-order valence-corrected chi connectivity index (χ0v) is 19.5. The lowest BCUT2D eigenvalue weighted by molar-refractivity contribution is -0.394. The number of ether oxygens (including phenoxy) is 1. The smallest absolute Gasteiger partial charge is 0.457 e. The van der Waals surface area contributed by atoms with E-state index in [0.717, 1.165) is 50.8 Å². The molecule has 0 amide bonds. The second-order valence-corrected chi connectivity index (χ2v) is 8.68. The summed E-state index contributed by atoms with van der Waals surface area (Å²) >= 11 is 0. The zero-order valence-electron chi connectivity index (χ0n) is 19.5. The molecule has 4 heterocycles. The van der Waals surface area contributed by atoms with Gasteiger partial charge in [0, 0.05) is 41.4 Å². The van der Waals surface area contributed by atoms with Crippen LogP contribution in [0.15, 0.2) is 110 Å². The number of rotatable bonds is 4. The van der Waals surface area contributed by atoms with Gasteiger partial charge in [0.25, 0.3) is 0 Å². The standard InChI is InChI=1S/C30H21N5O/c1-33-20-34(27-14-16-31-19-29(27)33)21-7-6-8-22(17-21)36-23-12-13-25-24-9-2-3-10-26(24)35(28(25)18-23)30-11-4-5-15-32-30/h2-19H,1H3/q+2. The van der Waals surface area contributed by atoms with E-state index in [4.69, 9.17) is 4.74 Å². The Morgan fingerprint density at radius 3 is 2.53 bits per heavy atom. The fourth-order valence-electron chi connectivity index (χ4n) is 4.85. The molecule has 0 saturated carbocycles. The minimum absolute atomic E-state index is 0.749. The van der Waals surface area contributed by atoms with Crippen LogP contribution in [0.1, 0.15) is 0 Å². The van der Waals surface area contributed by atoms with Crippen LogP contribution in [0.5, 0.6) is 11.5 Å². The molecule has 1 aliphatic heterocycles. The Morgan fingerprint density at radius 2 is 1.61 bits per heavy atom. The summed E-state index contributed by atoms with van der Waals surface area (Å²) in [6.45, 7) is 0. The van der Waals surface area contributed by atoms with Crippen molar-refractivity contribution in [2.75, 3.05) is 7.05 Å². The summed E-state index contributed by atoms with van der Waals surface area (Å²) in [6.07, 6.45) is 5.46. The molecule has 6 heteroatoms. The van der Waals surface area contributed by atoms with Crippen LogP contribution < -0.4 is 9.31 Å². The van der Waals surface area contributed by atoms with Crippen LogP contribution in [-0.2, 0) is 0 Å². The molecule has 0 spiro atoms. The van der Waals surface area contributed by atoms with Crippen molar-refractivity contribution in [1.82, 2.24) is 19.1 Å². The third-order valence-corrected chi connectivity index (χ3v) is 6.47. The van der Waals surface area contributed by atoms with E-state index in [0.29, 0.717) is 0 Å². The molecule has 36 heavy (non-hydrogen) atoms. The van der Waals surface area contributed by atoms with Crippen LogP contribution >= 0.6 is 0 Å². The second-order valence-electron chi connectivity index (χ2n) is 8.68. The molecule has 1 aliphatic rings. The second kappa shape index (κ2) is 8.01. The van der Waals surface area contributed by atoms with E-state index in [1.165, 1.54) is 5.39 Å². The summed E-state index contributed by atoms with van der Waals surface area (Å²) in [7, 11) is 1.97. The number of aromatic nitrogens is 3. The lowest BCUT2D eigenvalue weighted by Gasteiger charge is -2.09. The molecule has 170 valence electrons. The van der Waals surface area contributed by atoms with Gasteiger partial charge in [-0.2, -0.15) is 0 Å². The van der Waals surface area contributed by atoms with E-state index >= 15 is 0 Å². The largest absolute Gasteiger partial charge is 0.496 e. The highest BCUT2D eigenvalue weighted by molar-refractivity contribution is 6.09. The molecule has 0 radical (unpaired) electrons. The molecular formula is C30H21N5O+2. The normalized spacial score (nSPS) is 12.5. The van der Waals surface area contributed by atoms with Crippen LogP contribution in [0.4, 0.5) is 17.1 Å². The Labute approximate surface area is 207 Å². The fraction of sp³-hybridized carbons (Fsp3) is 0.0333. The Morgan fingerprint density at radius 1 is 0.750 bits per heavy atom. The topological polar surface area (TPSA) is 46.0 Å². The Bertz CT molecular complexity index is 1860. The summed E-state index contributed by atoms with van der Waals surface area (Å²) in [5.74, 6) is 2.38. The molecule has 6 aromatic rings. The quantitative estimate of drug-likeness (QED) is 0.272. The number of benzene rings is 3. The zero-order chi connectivity index (χ0) is 24.1. The summed E-state index contributed by atoms with van der Waals surface area (Å²) in [4.78, 5) is 8.85. The van der Waals surface area contributed by atoms with Crippen molar-refractivity contribution in [1.29, 1.82) is 0 Å². The van der Waals surface area contributed by atoms with Crippen molar-refractivity contribution >= 4 is 44.9 Å². The molecule has 7 rings (SSSR count). The van der Waals surface area contributed by atoms with Gasteiger partial charge < -0.3 is 4.74 Å². The van der Waals surface area contributed by atoms with Crippen LogP contribution in [0.2, 0.25) is 0 Å². The average Bonchev–Trinajstić information content (AvgIpc) is 3.44. The first-order chi connectivity index (χ1) is 17.8. The minimum Gasteiger partial charge on any atom is -0.457 e. The van der Waals surface area contributed by atoms with Crippen LogP contribution in [0.3, 0.4) is 0 Å². The van der Waals surface area contributed by atoms with Crippen LogP contribution in [0.25, 0.3) is 27.6 Å². The molecule has 0 N–H and O–H groups in total. The molecule has 3 aromatic carbocycles. The van der Waals surface area contributed by atoms with E-state index in [-0.39, 0.29) is 0 Å². The Hall–Kier alpha value is -5.06. The fourth-order valence-corrected chi connectivity index (χ4v) is 4.85. The lowest BCUT2D eigenvalue weighted by Crippen LogP contribution is -1.99. The molecule has 0 bridgehead atoms. The molecule has 6 nitrogen and oxygen atoms in total. The van der Waals surface area contributed by atoms with Gasteiger partial charge >= 0.3 is 17.4 Å². The number of nitrogens with zero attached hydrogens (tertiary/aromatic N) is 5. The first-order valence-corrected chi connectivity index (χ1v) is 11.7. The van der Waals surface area contributed by atoms with Gasteiger partial charge in [-0.25, -0.2) is 4.98 Å². The number of hydrogen-bond donors (Lipinski definition) is 0. The number of pyridine rings is 2. The first-order valence-electron chi connectivity index (χ1n) is 11.7. The monoisotopic (exact) mass is 467 g/mol. The molecule has 0 unspecified atom stereocenters. The van der Waals surface area contributed by atoms with Crippen molar-refractivity contribution < 1.29 is 9.31 Å². The number of hydrogen-bond acceptors (Lipinski definition) is 3. The number of fused-ring (bicyclic) bond motifs is 4. The lowest BCUT2D eigenvalue weighted by atomic mass is 10.1. The van der Waals surface area contributed by atoms with E-state index in [1.54, 1.807) is 6.20 Å². The van der Waals surface area contributed by atoms with Crippen molar-refractivity contribution in [3.05, 3.63) is 110 Å². The summed E-state index contributed by atoms with van der Waals surface area (Å²) in [6, 6.07) is 34.0. The molecule has 0 saturated heterocycles. The SMILES string of the molecule is C[N+]1=C=[N+](c2cccc(Oc3ccc4c5ccccc5n(-c5ccccn5)c4c3)c2)c2ccncc21. The highest BCUT2D eigenvalue weighted by atomic mass is 16.5. The maximum atomic E-state index is 6.37. The third kappa shape index (κ3) is 3.21. The van der Waals surface area contributed by atoms with Crippen molar-refractivity contribution in [2.45, 2.75) is 0 Å². The Balaban J connectivity index is 1.31. The van der Waals surface area contributed by atoms with Crippen LogP contribution in [0, 0.1) is 0 Å². The summed E-state index contributed by atoms with van der Waals surface area (Å²) < 4.78 is 12.5. The molecule has 0 fully saturated rings. The highest BCUT2D eigenvalue weighted by Gasteiger charge is 2.32. The predicted molar refractivity (Wildman–Crippen MR) is 142 cm³/mol. The molecular weight excluding hydrogens is 446 g/mol. The third-order valence-electron chi connectivity index (χ3n) is 6.47. The maximum absolute atomic E-state index is 6.37. The van der Waals surface area contributed by atoms with Crippen LogP contribution in [-0.4, -0.2) is 32.2 Å². The van der Waals surface area contributed by atoms with E-state index in [2.05, 4.69) is 56.9 Å². The van der Waals surface area contributed by atoms with Gasteiger partial charge in [0.1, 0.15) is 23.5 Å². The van der Waals surface area contributed by atoms with E-state index < -0.39 is 0 Å².